The van der Waals surface area contributed by atoms with Crippen molar-refractivity contribution in [1.82, 2.24) is 4.90 Å². The Kier molecular flexibility index (Phi) is 7.13. The normalized spacial score (nSPS) is 31.6. The zero-order valence-corrected chi connectivity index (χ0v) is 14.6. The molecular formula is C16H29ClN2O3. The highest BCUT2D eigenvalue weighted by atomic mass is 35.5. The Morgan fingerprint density at radius 1 is 1.27 bits per heavy atom. The summed E-state index contributed by atoms with van der Waals surface area (Å²) in [5.74, 6) is 0.687. The van der Waals surface area contributed by atoms with Gasteiger partial charge in [0.1, 0.15) is 0 Å². The molecule has 2 fully saturated rings. The maximum Gasteiger partial charge on any atom is 0.310 e. The standard InChI is InChI=1S/C16H28N2O3.ClH/c1-10(16(20)21-3)9-18(2)15(19)13-7-11-5-4-6-12(8-13)14(11)17;/h10-14H,4-9,17H2,1-3H3;1H. The highest BCUT2D eigenvalue weighted by molar-refractivity contribution is 5.85. The highest BCUT2D eigenvalue weighted by Gasteiger charge is 2.41. The summed E-state index contributed by atoms with van der Waals surface area (Å²) in [6.07, 6.45) is 5.38. The first kappa shape index (κ1) is 19.2. The summed E-state index contributed by atoms with van der Waals surface area (Å²) in [5, 5.41) is 0. The van der Waals surface area contributed by atoms with Gasteiger partial charge in [-0.25, -0.2) is 0 Å². The maximum absolute atomic E-state index is 12.6. The molecule has 2 N–H and O–H groups in total. The Morgan fingerprint density at radius 3 is 2.32 bits per heavy atom. The minimum atomic E-state index is -0.283. The molecule has 3 atom stereocenters. The van der Waals surface area contributed by atoms with Crippen LogP contribution in [-0.4, -0.2) is 43.5 Å². The number of halogens is 1. The third-order valence-electron chi connectivity index (χ3n) is 5.29. The topological polar surface area (TPSA) is 72.6 Å². The van der Waals surface area contributed by atoms with Crippen LogP contribution < -0.4 is 5.73 Å². The lowest BCUT2D eigenvalue weighted by Crippen LogP contribution is -2.49. The van der Waals surface area contributed by atoms with E-state index in [1.165, 1.54) is 13.5 Å². The van der Waals surface area contributed by atoms with Crippen LogP contribution >= 0.6 is 12.4 Å². The number of fused-ring (bicyclic) bond motifs is 2. The van der Waals surface area contributed by atoms with Gasteiger partial charge in [-0.1, -0.05) is 13.3 Å². The number of ether oxygens (including phenoxy) is 1. The van der Waals surface area contributed by atoms with E-state index in [0.29, 0.717) is 18.4 Å². The number of rotatable bonds is 4. The summed E-state index contributed by atoms with van der Waals surface area (Å²) < 4.78 is 4.72. The summed E-state index contributed by atoms with van der Waals surface area (Å²) in [4.78, 5) is 25.8. The monoisotopic (exact) mass is 332 g/mol. The zero-order chi connectivity index (χ0) is 15.6. The molecule has 0 radical (unpaired) electrons. The Labute approximate surface area is 139 Å². The van der Waals surface area contributed by atoms with Crippen LogP contribution in [0.1, 0.15) is 39.0 Å². The quantitative estimate of drug-likeness (QED) is 0.797. The SMILES string of the molecule is COC(=O)C(C)CN(C)C(=O)C1CC2CCCC(C1)C2N.Cl. The number of methoxy groups -OCH3 is 1. The van der Waals surface area contributed by atoms with E-state index < -0.39 is 0 Å². The van der Waals surface area contributed by atoms with Crippen molar-refractivity contribution >= 4 is 24.3 Å². The molecular weight excluding hydrogens is 304 g/mol. The summed E-state index contributed by atoms with van der Waals surface area (Å²) in [6, 6.07) is 0.280. The first-order valence-electron chi connectivity index (χ1n) is 8.02. The molecule has 0 aromatic heterocycles. The largest absolute Gasteiger partial charge is 0.469 e. The molecule has 2 bridgehead atoms. The van der Waals surface area contributed by atoms with E-state index in [4.69, 9.17) is 10.5 Å². The highest BCUT2D eigenvalue weighted by Crippen LogP contribution is 2.42. The van der Waals surface area contributed by atoms with Gasteiger partial charge in [0, 0.05) is 25.6 Å². The molecule has 22 heavy (non-hydrogen) atoms. The van der Waals surface area contributed by atoms with Gasteiger partial charge in [-0.05, 0) is 37.5 Å². The van der Waals surface area contributed by atoms with Crippen molar-refractivity contribution in [3.8, 4) is 0 Å². The number of esters is 1. The van der Waals surface area contributed by atoms with E-state index in [2.05, 4.69) is 0 Å². The number of nitrogens with zero attached hydrogens (tertiary/aromatic N) is 1. The van der Waals surface area contributed by atoms with Crippen LogP contribution in [-0.2, 0) is 14.3 Å². The molecule has 0 aromatic carbocycles. The van der Waals surface area contributed by atoms with E-state index in [9.17, 15) is 9.59 Å². The van der Waals surface area contributed by atoms with E-state index in [1.54, 1.807) is 18.9 Å². The summed E-state index contributed by atoms with van der Waals surface area (Å²) in [6.45, 7) is 2.21. The predicted molar refractivity (Wildman–Crippen MR) is 87.6 cm³/mol. The number of carbonyl (C=O) groups excluding carboxylic acids is 2. The minimum Gasteiger partial charge on any atom is -0.469 e. The molecule has 6 heteroatoms. The third-order valence-corrected chi connectivity index (χ3v) is 5.29. The lowest BCUT2D eigenvalue weighted by Gasteiger charge is -2.44. The average Bonchev–Trinajstić information content (AvgIpc) is 2.45. The Hall–Kier alpha value is -0.810. The molecule has 2 rings (SSSR count). The van der Waals surface area contributed by atoms with Gasteiger partial charge in [0.25, 0.3) is 0 Å². The Morgan fingerprint density at radius 2 is 1.82 bits per heavy atom. The van der Waals surface area contributed by atoms with E-state index in [-0.39, 0.29) is 42.2 Å². The van der Waals surface area contributed by atoms with Crippen LogP contribution in [0.2, 0.25) is 0 Å². The first-order valence-corrected chi connectivity index (χ1v) is 8.02. The molecule has 0 aromatic rings. The van der Waals surface area contributed by atoms with Crippen molar-refractivity contribution in [2.45, 2.75) is 45.1 Å². The van der Waals surface area contributed by atoms with Gasteiger partial charge in [-0.2, -0.15) is 0 Å². The van der Waals surface area contributed by atoms with Gasteiger partial charge in [0.2, 0.25) is 5.91 Å². The van der Waals surface area contributed by atoms with Crippen molar-refractivity contribution in [1.29, 1.82) is 0 Å². The van der Waals surface area contributed by atoms with Crippen molar-refractivity contribution in [2.24, 2.45) is 29.4 Å². The molecule has 0 heterocycles. The number of nitrogens with two attached hydrogens (primary N) is 1. The van der Waals surface area contributed by atoms with Crippen molar-refractivity contribution in [2.75, 3.05) is 20.7 Å². The van der Waals surface area contributed by atoms with Crippen LogP contribution in [0.5, 0.6) is 0 Å². The van der Waals surface area contributed by atoms with Crippen molar-refractivity contribution < 1.29 is 14.3 Å². The summed E-state index contributed by atoms with van der Waals surface area (Å²) in [5.41, 5.74) is 6.28. The maximum atomic E-state index is 12.6. The average molecular weight is 333 g/mol. The van der Waals surface area contributed by atoms with E-state index >= 15 is 0 Å². The molecule has 1 amide bonds. The van der Waals surface area contributed by atoms with Crippen LogP contribution in [0.25, 0.3) is 0 Å². The lowest BCUT2D eigenvalue weighted by atomic mass is 9.65. The molecule has 0 aliphatic heterocycles. The fraction of sp³-hybridized carbons (Fsp3) is 0.875. The number of hydrogen-bond donors (Lipinski definition) is 1. The van der Waals surface area contributed by atoms with Gasteiger partial charge < -0.3 is 15.4 Å². The van der Waals surface area contributed by atoms with Gasteiger partial charge >= 0.3 is 5.97 Å². The lowest BCUT2D eigenvalue weighted by molar-refractivity contribution is -0.147. The van der Waals surface area contributed by atoms with Crippen LogP contribution in [0.15, 0.2) is 0 Å². The Bertz CT molecular complexity index is 391. The summed E-state index contributed by atoms with van der Waals surface area (Å²) >= 11 is 0. The van der Waals surface area contributed by atoms with Gasteiger partial charge in [-0.15, -0.1) is 12.4 Å². The molecule has 3 unspecified atom stereocenters. The predicted octanol–water partition coefficient (Wildman–Crippen LogP) is 1.83. The van der Waals surface area contributed by atoms with Gasteiger partial charge in [-0.3, -0.25) is 9.59 Å². The zero-order valence-electron chi connectivity index (χ0n) is 13.8. The Balaban J connectivity index is 0.00000242. The summed E-state index contributed by atoms with van der Waals surface area (Å²) in [7, 11) is 3.16. The molecule has 0 saturated heterocycles. The van der Waals surface area contributed by atoms with E-state index in [0.717, 1.165) is 25.7 Å². The molecule has 2 aliphatic rings. The smallest absolute Gasteiger partial charge is 0.310 e. The van der Waals surface area contributed by atoms with Crippen molar-refractivity contribution in [3.63, 3.8) is 0 Å². The number of hydrogen-bond acceptors (Lipinski definition) is 4. The van der Waals surface area contributed by atoms with Crippen LogP contribution in [0, 0.1) is 23.7 Å². The van der Waals surface area contributed by atoms with E-state index in [1.807, 2.05) is 0 Å². The molecule has 2 saturated carbocycles. The molecule has 128 valence electrons. The van der Waals surface area contributed by atoms with Gasteiger partial charge in [0.15, 0.2) is 0 Å². The number of carbonyl (C=O) groups is 2. The van der Waals surface area contributed by atoms with Crippen molar-refractivity contribution in [3.05, 3.63) is 0 Å². The second kappa shape index (κ2) is 8.16. The minimum absolute atomic E-state index is 0. The van der Waals surface area contributed by atoms with Crippen LogP contribution in [0.4, 0.5) is 0 Å². The molecule has 0 spiro atoms. The fourth-order valence-corrected chi connectivity index (χ4v) is 4.08. The second-order valence-electron chi connectivity index (χ2n) is 6.84. The molecule has 2 aliphatic carbocycles. The third kappa shape index (κ3) is 4.13. The fourth-order valence-electron chi connectivity index (χ4n) is 4.08. The first-order chi connectivity index (χ1) is 9.93. The van der Waals surface area contributed by atoms with Crippen LogP contribution in [0.3, 0.4) is 0 Å². The van der Waals surface area contributed by atoms with Gasteiger partial charge in [0.05, 0.1) is 13.0 Å². The number of amides is 1. The second-order valence-corrected chi connectivity index (χ2v) is 6.84. The molecule has 5 nitrogen and oxygen atoms in total.